The minimum absolute atomic E-state index is 0.0188. The third kappa shape index (κ3) is 5.88. The smallest absolute Gasteiger partial charge is 0.306 e. The lowest BCUT2D eigenvalue weighted by Crippen LogP contribution is -2.47. The molecule has 1 saturated heterocycles. The summed E-state index contributed by atoms with van der Waals surface area (Å²) in [6, 6.07) is 0. The van der Waals surface area contributed by atoms with Crippen LogP contribution in [0.5, 0.6) is 0 Å². The Morgan fingerprint density at radius 2 is 1.64 bits per heavy atom. The van der Waals surface area contributed by atoms with E-state index in [-0.39, 0.29) is 11.6 Å². The molecule has 4 nitrogen and oxygen atoms in total. The number of hydrogen-bond acceptors (Lipinski definition) is 4. The number of carbonyl (C=O) groups is 1. The highest BCUT2D eigenvalue weighted by Crippen LogP contribution is 2.34. The van der Waals surface area contributed by atoms with Gasteiger partial charge in [0.2, 0.25) is 0 Å². The first-order valence-electron chi connectivity index (χ1n) is 9.02. The summed E-state index contributed by atoms with van der Waals surface area (Å²) in [5, 5.41) is 0. The molecule has 2 atom stereocenters. The Morgan fingerprint density at radius 3 is 2.23 bits per heavy atom. The lowest BCUT2D eigenvalue weighted by Gasteiger charge is -2.35. The summed E-state index contributed by atoms with van der Waals surface area (Å²) in [7, 11) is 0. The molecular formula is C18H34N2O2. The van der Waals surface area contributed by atoms with Gasteiger partial charge in [0.1, 0.15) is 5.60 Å². The Morgan fingerprint density at radius 1 is 1.05 bits per heavy atom. The second-order valence-electron chi connectivity index (χ2n) is 8.07. The molecule has 0 N–H and O–H groups in total. The van der Waals surface area contributed by atoms with Gasteiger partial charge in [0, 0.05) is 39.1 Å². The zero-order chi connectivity index (χ0) is 16.2. The molecule has 0 bridgehead atoms. The van der Waals surface area contributed by atoms with Gasteiger partial charge in [0.05, 0.1) is 0 Å². The average molecular weight is 310 g/mol. The predicted octanol–water partition coefficient (Wildman–Crippen LogP) is 2.77. The standard InChI is InChI=1S/C18H34N2O2/c1-5-19-8-10-20(11-9-19)14-16-7-6-15(12-16)13-17(21)22-18(2,3)4/h15-16H,5-14H2,1-4H3/t15-,16?/m1/s1. The fourth-order valence-electron chi connectivity index (χ4n) is 3.80. The highest BCUT2D eigenvalue weighted by molar-refractivity contribution is 5.70. The van der Waals surface area contributed by atoms with Gasteiger partial charge in [0.25, 0.3) is 0 Å². The monoisotopic (exact) mass is 310 g/mol. The summed E-state index contributed by atoms with van der Waals surface area (Å²) < 4.78 is 5.45. The second-order valence-corrected chi connectivity index (χ2v) is 8.07. The highest BCUT2D eigenvalue weighted by atomic mass is 16.6. The predicted molar refractivity (Wildman–Crippen MR) is 89.8 cm³/mol. The van der Waals surface area contributed by atoms with Crippen molar-refractivity contribution in [2.75, 3.05) is 39.3 Å². The van der Waals surface area contributed by atoms with Crippen LogP contribution in [0.3, 0.4) is 0 Å². The molecule has 0 aromatic carbocycles. The minimum atomic E-state index is -0.353. The van der Waals surface area contributed by atoms with Crippen LogP contribution in [0.4, 0.5) is 0 Å². The van der Waals surface area contributed by atoms with Crippen molar-refractivity contribution >= 4 is 5.97 Å². The molecule has 128 valence electrons. The maximum atomic E-state index is 11.9. The van der Waals surface area contributed by atoms with Crippen LogP contribution in [0.15, 0.2) is 0 Å². The third-order valence-electron chi connectivity index (χ3n) is 4.95. The van der Waals surface area contributed by atoms with Crippen molar-refractivity contribution in [3.05, 3.63) is 0 Å². The van der Waals surface area contributed by atoms with Crippen LogP contribution in [0, 0.1) is 11.8 Å². The minimum Gasteiger partial charge on any atom is -0.460 e. The summed E-state index contributed by atoms with van der Waals surface area (Å²) in [6.07, 6.45) is 4.28. The fourth-order valence-corrected chi connectivity index (χ4v) is 3.80. The molecule has 1 aliphatic heterocycles. The number of ether oxygens (including phenoxy) is 1. The number of piperazine rings is 1. The highest BCUT2D eigenvalue weighted by Gasteiger charge is 2.30. The van der Waals surface area contributed by atoms with E-state index in [2.05, 4.69) is 16.7 Å². The van der Waals surface area contributed by atoms with Gasteiger partial charge in [0.15, 0.2) is 0 Å². The van der Waals surface area contributed by atoms with Gasteiger partial charge in [-0.25, -0.2) is 0 Å². The number of carbonyl (C=O) groups excluding carboxylic acids is 1. The van der Waals surface area contributed by atoms with Crippen LogP contribution in [0.1, 0.15) is 53.4 Å². The zero-order valence-corrected chi connectivity index (χ0v) is 14.9. The topological polar surface area (TPSA) is 32.8 Å². The molecule has 0 spiro atoms. The fraction of sp³-hybridized carbons (Fsp3) is 0.944. The number of hydrogen-bond donors (Lipinski definition) is 0. The normalized spacial score (nSPS) is 28.0. The van der Waals surface area contributed by atoms with E-state index in [9.17, 15) is 4.79 Å². The van der Waals surface area contributed by atoms with Crippen LogP contribution in [-0.4, -0.2) is 60.6 Å². The van der Waals surface area contributed by atoms with Crippen molar-refractivity contribution < 1.29 is 9.53 Å². The molecule has 0 aromatic heterocycles. The Kier molecular flexibility index (Phi) is 6.27. The van der Waals surface area contributed by atoms with Crippen LogP contribution < -0.4 is 0 Å². The lowest BCUT2D eigenvalue weighted by atomic mass is 10.0. The van der Waals surface area contributed by atoms with E-state index in [1.165, 1.54) is 58.5 Å². The zero-order valence-electron chi connectivity index (χ0n) is 14.9. The van der Waals surface area contributed by atoms with Crippen LogP contribution in [0.2, 0.25) is 0 Å². The summed E-state index contributed by atoms with van der Waals surface area (Å²) in [4.78, 5) is 17.1. The summed E-state index contributed by atoms with van der Waals surface area (Å²) in [5.74, 6) is 1.30. The van der Waals surface area contributed by atoms with Gasteiger partial charge in [-0.15, -0.1) is 0 Å². The van der Waals surface area contributed by atoms with E-state index in [4.69, 9.17) is 4.74 Å². The maximum absolute atomic E-state index is 11.9. The quantitative estimate of drug-likeness (QED) is 0.731. The van der Waals surface area contributed by atoms with E-state index in [1.54, 1.807) is 0 Å². The molecule has 22 heavy (non-hydrogen) atoms. The number of likely N-dealkylation sites (N-methyl/N-ethyl adjacent to an activating group) is 1. The first kappa shape index (κ1) is 17.7. The third-order valence-corrected chi connectivity index (χ3v) is 4.95. The van der Waals surface area contributed by atoms with Crippen molar-refractivity contribution in [1.29, 1.82) is 0 Å². The molecule has 1 aliphatic carbocycles. The van der Waals surface area contributed by atoms with E-state index >= 15 is 0 Å². The number of nitrogens with zero attached hydrogens (tertiary/aromatic N) is 2. The van der Waals surface area contributed by atoms with Crippen LogP contribution >= 0.6 is 0 Å². The van der Waals surface area contributed by atoms with Gasteiger partial charge in [-0.3, -0.25) is 4.79 Å². The maximum Gasteiger partial charge on any atom is 0.306 e. The Balaban J connectivity index is 1.66. The summed E-state index contributed by atoms with van der Waals surface area (Å²) in [5.41, 5.74) is -0.353. The lowest BCUT2D eigenvalue weighted by molar-refractivity contribution is -0.155. The van der Waals surface area contributed by atoms with Crippen molar-refractivity contribution in [1.82, 2.24) is 9.80 Å². The first-order valence-corrected chi connectivity index (χ1v) is 9.02. The van der Waals surface area contributed by atoms with E-state index in [0.717, 1.165) is 5.92 Å². The first-order chi connectivity index (χ1) is 10.4. The molecule has 2 aliphatic rings. The van der Waals surface area contributed by atoms with Gasteiger partial charge in [-0.05, 0) is 58.4 Å². The van der Waals surface area contributed by atoms with Crippen LogP contribution in [-0.2, 0) is 9.53 Å². The summed E-state index contributed by atoms with van der Waals surface area (Å²) in [6.45, 7) is 15.3. The summed E-state index contributed by atoms with van der Waals surface area (Å²) >= 11 is 0. The second kappa shape index (κ2) is 7.78. The molecule has 2 fully saturated rings. The van der Waals surface area contributed by atoms with Gasteiger partial charge < -0.3 is 14.5 Å². The Bertz CT molecular complexity index is 357. The molecule has 1 unspecified atom stereocenters. The molecule has 4 heteroatoms. The van der Waals surface area contributed by atoms with Crippen molar-refractivity contribution in [3.8, 4) is 0 Å². The molecule has 0 amide bonds. The van der Waals surface area contributed by atoms with E-state index < -0.39 is 0 Å². The molecular weight excluding hydrogens is 276 g/mol. The molecule has 0 radical (unpaired) electrons. The molecule has 0 aromatic rings. The van der Waals surface area contributed by atoms with Gasteiger partial charge in [-0.1, -0.05) is 6.92 Å². The van der Waals surface area contributed by atoms with Crippen molar-refractivity contribution in [3.63, 3.8) is 0 Å². The number of esters is 1. The van der Waals surface area contributed by atoms with Crippen LogP contribution in [0.25, 0.3) is 0 Å². The van der Waals surface area contributed by atoms with Crippen molar-refractivity contribution in [2.45, 2.75) is 59.0 Å². The SMILES string of the molecule is CCN1CCN(CC2CC[C@@H](CC(=O)OC(C)(C)C)C2)CC1. The van der Waals surface area contributed by atoms with Gasteiger partial charge >= 0.3 is 5.97 Å². The van der Waals surface area contributed by atoms with Gasteiger partial charge in [-0.2, -0.15) is 0 Å². The molecule has 2 rings (SSSR count). The Labute approximate surface area is 136 Å². The average Bonchev–Trinajstić information content (AvgIpc) is 2.84. The number of rotatable bonds is 5. The molecule has 1 heterocycles. The molecule has 1 saturated carbocycles. The van der Waals surface area contributed by atoms with E-state index in [1.807, 2.05) is 20.8 Å². The van der Waals surface area contributed by atoms with Crippen molar-refractivity contribution in [2.24, 2.45) is 11.8 Å². The largest absolute Gasteiger partial charge is 0.460 e. The van der Waals surface area contributed by atoms with E-state index in [0.29, 0.717) is 12.3 Å². The Hall–Kier alpha value is -0.610.